The van der Waals surface area contributed by atoms with Gasteiger partial charge in [-0.15, -0.1) is 22.9 Å². The first kappa shape index (κ1) is 10.5. The van der Waals surface area contributed by atoms with Crippen molar-refractivity contribution >= 4 is 22.9 Å². The summed E-state index contributed by atoms with van der Waals surface area (Å²) in [5.41, 5.74) is 0. The van der Waals surface area contributed by atoms with Gasteiger partial charge in [0.2, 0.25) is 0 Å². The van der Waals surface area contributed by atoms with Gasteiger partial charge in [-0.1, -0.05) is 13.0 Å². The summed E-state index contributed by atoms with van der Waals surface area (Å²) in [5.74, 6) is 1.53. The third kappa shape index (κ3) is 2.13. The van der Waals surface area contributed by atoms with E-state index in [4.69, 9.17) is 11.6 Å². The molecule has 2 heterocycles. The van der Waals surface area contributed by atoms with Crippen molar-refractivity contribution in [1.82, 2.24) is 4.90 Å². The number of nitrogens with zero attached hydrogens (tertiary/aromatic N) is 1. The maximum absolute atomic E-state index is 6.00. The summed E-state index contributed by atoms with van der Waals surface area (Å²) < 4.78 is 0. The van der Waals surface area contributed by atoms with Gasteiger partial charge in [0.1, 0.15) is 0 Å². The second-order valence-corrected chi connectivity index (χ2v) is 5.38. The Morgan fingerprint density at radius 1 is 1.64 bits per heavy atom. The molecule has 0 radical (unpaired) electrons. The van der Waals surface area contributed by atoms with Crippen LogP contribution >= 0.6 is 22.9 Å². The highest BCUT2D eigenvalue weighted by Crippen LogP contribution is 2.27. The van der Waals surface area contributed by atoms with Gasteiger partial charge in [0.25, 0.3) is 0 Å². The smallest absolute Gasteiger partial charge is 0.0382 e. The van der Waals surface area contributed by atoms with E-state index < -0.39 is 0 Å². The summed E-state index contributed by atoms with van der Waals surface area (Å²) in [6.07, 6.45) is 1.29. The van der Waals surface area contributed by atoms with Gasteiger partial charge in [0.05, 0.1) is 0 Å². The Labute approximate surface area is 94.7 Å². The normalized spacial score (nSPS) is 28.4. The van der Waals surface area contributed by atoms with Crippen molar-refractivity contribution in [2.45, 2.75) is 25.9 Å². The molecule has 0 spiro atoms. The van der Waals surface area contributed by atoms with E-state index in [0.717, 1.165) is 18.3 Å². The average Bonchev–Trinajstić information content (AvgIpc) is 2.77. The molecule has 0 aromatic carbocycles. The van der Waals surface area contributed by atoms with E-state index in [0.29, 0.717) is 6.04 Å². The van der Waals surface area contributed by atoms with E-state index in [-0.39, 0.29) is 0 Å². The molecule has 1 aromatic rings. The van der Waals surface area contributed by atoms with E-state index >= 15 is 0 Å². The van der Waals surface area contributed by atoms with Gasteiger partial charge in [-0.05, 0) is 30.3 Å². The topological polar surface area (TPSA) is 3.24 Å². The van der Waals surface area contributed by atoms with Crippen LogP contribution in [0.1, 0.15) is 18.2 Å². The molecule has 0 saturated carbocycles. The molecule has 0 amide bonds. The lowest BCUT2D eigenvalue weighted by molar-refractivity contribution is 0.244. The van der Waals surface area contributed by atoms with Crippen LogP contribution in [0.25, 0.3) is 0 Å². The minimum atomic E-state index is 0.582. The van der Waals surface area contributed by atoms with Crippen LogP contribution in [-0.2, 0) is 6.54 Å². The highest BCUT2D eigenvalue weighted by Gasteiger charge is 2.30. The van der Waals surface area contributed by atoms with Gasteiger partial charge in [-0.2, -0.15) is 0 Å². The molecule has 0 aliphatic carbocycles. The third-order valence-corrected chi connectivity index (χ3v) is 4.27. The first-order chi connectivity index (χ1) is 6.81. The molecule has 1 fully saturated rings. The number of halogens is 1. The molecule has 1 aliphatic rings. The predicted octanol–water partition coefficient (Wildman–Crippen LogP) is 3.20. The molecular weight excluding hydrogens is 214 g/mol. The monoisotopic (exact) mass is 229 g/mol. The highest BCUT2D eigenvalue weighted by molar-refractivity contribution is 7.09. The molecular formula is C11H16ClNS. The summed E-state index contributed by atoms with van der Waals surface area (Å²) >= 11 is 7.84. The molecule has 14 heavy (non-hydrogen) atoms. The Hall–Kier alpha value is -0.0500. The van der Waals surface area contributed by atoms with Crippen molar-refractivity contribution < 1.29 is 0 Å². The molecule has 3 heteroatoms. The molecule has 0 N–H and O–H groups in total. The minimum absolute atomic E-state index is 0.582. The second kappa shape index (κ2) is 4.65. The molecule has 1 nitrogen and oxygen atoms in total. The Kier molecular flexibility index (Phi) is 3.47. The molecule has 2 atom stereocenters. The lowest BCUT2D eigenvalue weighted by atomic mass is 10.1. The van der Waals surface area contributed by atoms with Crippen LogP contribution < -0.4 is 0 Å². The van der Waals surface area contributed by atoms with Crippen LogP contribution in [0.4, 0.5) is 0 Å². The second-order valence-electron chi connectivity index (χ2n) is 4.04. The lowest BCUT2D eigenvalue weighted by Gasteiger charge is -2.24. The first-order valence-electron chi connectivity index (χ1n) is 5.13. The van der Waals surface area contributed by atoms with Crippen molar-refractivity contribution in [3.8, 4) is 0 Å². The van der Waals surface area contributed by atoms with E-state index in [1.165, 1.54) is 17.8 Å². The van der Waals surface area contributed by atoms with Crippen LogP contribution in [0, 0.1) is 5.92 Å². The fourth-order valence-corrected chi connectivity index (χ4v) is 3.37. The number of alkyl halides is 1. The Balaban J connectivity index is 1.98. The van der Waals surface area contributed by atoms with Gasteiger partial charge in [0.15, 0.2) is 0 Å². The van der Waals surface area contributed by atoms with E-state index in [2.05, 4.69) is 29.3 Å². The van der Waals surface area contributed by atoms with Crippen LogP contribution in [0.2, 0.25) is 0 Å². The van der Waals surface area contributed by atoms with Crippen LogP contribution in [0.3, 0.4) is 0 Å². The maximum atomic E-state index is 6.00. The number of hydrogen-bond donors (Lipinski definition) is 0. The zero-order valence-electron chi connectivity index (χ0n) is 8.45. The Morgan fingerprint density at radius 2 is 2.50 bits per heavy atom. The van der Waals surface area contributed by atoms with Crippen LogP contribution in [-0.4, -0.2) is 23.4 Å². The van der Waals surface area contributed by atoms with Crippen molar-refractivity contribution in [3.63, 3.8) is 0 Å². The summed E-state index contributed by atoms with van der Waals surface area (Å²) in [7, 11) is 0. The standard InChI is InChI=1S/C11H16ClNS/c1-9-4-5-13(11(9)7-12)8-10-3-2-6-14-10/h2-3,6,9,11H,4-5,7-8H2,1H3. The first-order valence-corrected chi connectivity index (χ1v) is 6.55. The molecule has 1 aliphatic heterocycles. The quantitative estimate of drug-likeness (QED) is 0.720. The largest absolute Gasteiger partial charge is 0.294 e. The predicted molar refractivity (Wildman–Crippen MR) is 63.0 cm³/mol. The number of rotatable bonds is 3. The van der Waals surface area contributed by atoms with Crippen molar-refractivity contribution in [2.24, 2.45) is 5.92 Å². The third-order valence-electron chi connectivity index (χ3n) is 3.09. The van der Waals surface area contributed by atoms with E-state index in [1.54, 1.807) is 0 Å². The molecule has 0 bridgehead atoms. The molecule has 1 saturated heterocycles. The van der Waals surface area contributed by atoms with Gasteiger partial charge in [0, 0.05) is 23.3 Å². The van der Waals surface area contributed by atoms with Crippen molar-refractivity contribution in [1.29, 1.82) is 0 Å². The fraction of sp³-hybridized carbons (Fsp3) is 0.636. The van der Waals surface area contributed by atoms with Gasteiger partial charge in [-0.25, -0.2) is 0 Å². The SMILES string of the molecule is CC1CCN(Cc2cccs2)C1CCl. The fourth-order valence-electron chi connectivity index (χ4n) is 2.14. The Morgan fingerprint density at radius 3 is 3.14 bits per heavy atom. The van der Waals surface area contributed by atoms with E-state index in [9.17, 15) is 0 Å². The summed E-state index contributed by atoms with van der Waals surface area (Å²) in [6, 6.07) is 4.91. The number of hydrogen-bond acceptors (Lipinski definition) is 2. The summed E-state index contributed by atoms with van der Waals surface area (Å²) in [5, 5.41) is 2.14. The number of thiophene rings is 1. The lowest BCUT2D eigenvalue weighted by Crippen LogP contribution is -2.32. The van der Waals surface area contributed by atoms with Gasteiger partial charge < -0.3 is 0 Å². The maximum Gasteiger partial charge on any atom is 0.0382 e. The molecule has 2 unspecified atom stereocenters. The van der Waals surface area contributed by atoms with E-state index in [1.807, 2.05) is 11.3 Å². The van der Waals surface area contributed by atoms with Crippen LogP contribution in [0.15, 0.2) is 17.5 Å². The van der Waals surface area contributed by atoms with Gasteiger partial charge >= 0.3 is 0 Å². The van der Waals surface area contributed by atoms with Crippen LogP contribution in [0.5, 0.6) is 0 Å². The summed E-state index contributed by atoms with van der Waals surface area (Å²) in [6.45, 7) is 4.59. The summed E-state index contributed by atoms with van der Waals surface area (Å²) in [4.78, 5) is 3.97. The van der Waals surface area contributed by atoms with Gasteiger partial charge in [-0.3, -0.25) is 4.90 Å². The molecule has 2 rings (SSSR count). The zero-order valence-corrected chi connectivity index (χ0v) is 10.0. The van der Waals surface area contributed by atoms with Crippen molar-refractivity contribution in [3.05, 3.63) is 22.4 Å². The molecule has 78 valence electrons. The molecule has 1 aromatic heterocycles. The number of likely N-dealkylation sites (tertiary alicyclic amines) is 1. The zero-order chi connectivity index (χ0) is 9.97. The average molecular weight is 230 g/mol. The minimum Gasteiger partial charge on any atom is -0.294 e. The highest BCUT2D eigenvalue weighted by atomic mass is 35.5. The van der Waals surface area contributed by atoms with Crippen molar-refractivity contribution in [2.75, 3.05) is 12.4 Å². The Bertz CT molecular complexity index is 273.